The largest absolute Gasteiger partial charge is 0.444 e. The molecule has 0 aliphatic heterocycles. The van der Waals surface area contributed by atoms with Crippen LogP contribution in [0, 0.1) is 0 Å². The first-order chi connectivity index (χ1) is 8.65. The van der Waals surface area contributed by atoms with Gasteiger partial charge in [-0.3, -0.25) is 4.79 Å². The van der Waals surface area contributed by atoms with Gasteiger partial charge in [0.05, 0.1) is 0 Å². The van der Waals surface area contributed by atoms with Gasteiger partial charge in [-0.05, 0) is 27.2 Å². The molecule has 110 valence electrons. The van der Waals surface area contributed by atoms with Crippen molar-refractivity contribution >= 4 is 18.3 Å². The average molecular weight is 272 g/mol. The lowest BCUT2D eigenvalue weighted by Crippen LogP contribution is -2.40. The van der Waals surface area contributed by atoms with Crippen LogP contribution in [-0.4, -0.2) is 48.9 Å². The lowest BCUT2D eigenvalue weighted by atomic mass is 10.1. The van der Waals surface area contributed by atoms with Gasteiger partial charge in [0, 0.05) is 33.0 Å². The number of aldehydes is 1. The second-order valence-corrected chi connectivity index (χ2v) is 5.57. The van der Waals surface area contributed by atoms with E-state index in [1.54, 1.807) is 34.9 Å². The lowest BCUT2D eigenvalue weighted by Gasteiger charge is -2.23. The van der Waals surface area contributed by atoms with E-state index in [4.69, 9.17) is 4.74 Å². The molecule has 0 bridgehead atoms. The third-order valence-electron chi connectivity index (χ3n) is 2.31. The van der Waals surface area contributed by atoms with Gasteiger partial charge in [-0.1, -0.05) is 0 Å². The molecule has 0 radical (unpaired) electrons. The first-order valence-electron chi connectivity index (χ1n) is 6.29. The summed E-state index contributed by atoms with van der Waals surface area (Å²) in [6, 6.07) is -0.378. The Kier molecular flexibility index (Phi) is 7.11. The van der Waals surface area contributed by atoms with Crippen molar-refractivity contribution in [3.8, 4) is 0 Å². The van der Waals surface area contributed by atoms with Crippen molar-refractivity contribution in [2.75, 3.05) is 14.1 Å². The monoisotopic (exact) mass is 272 g/mol. The van der Waals surface area contributed by atoms with Gasteiger partial charge in [0.1, 0.15) is 11.9 Å². The minimum Gasteiger partial charge on any atom is -0.444 e. The molecule has 0 fully saturated rings. The molecule has 0 unspecified atom stereocenters. The summed E-state index contributed by atoms with van der Waals surface area (Å²) in [5, 5.41) is 2.61. The molecule has 0 aromatic rings. The normalized spacial score (nSPS) is 12.5. The highest BCUT2D eigenvalue weighted by molar-refractivity contribution is 5.75. The van der Waals surface area contributed by atoms with Crippen LogP contribution in [0.3, 0.4) is 0 Å². The molecule has 1 atom stereocenters. The SMILES string of the molecule is CN(C)C(=O)CC[C@@H](CC=O)NC(=O)OC(C)(C)C. The summed E-state index contributed by atoms with van der Waals surface area (Å²) in [6.07, 6.45) is 1.01. The van der Waals surface area contributed by atoms with Gasteiger partial charge in [-0.2, -0.15) is 0 Å². The number of rotatable bonds is 6. The Bertz CT molecular complexity index is 321. The topological polar surface area (TPSA) is 75.7 Å². The minimum atomic E-state index is -0.588. The Morgan fingerprint density at radius 3 is 2.32 bits per heavy atom. The molecule has 0 saturated heterocycles. The summed E-state index contributed by atoms with van der Waals surface area (Å²) < 4.78 is 5.11. The molecule has 6 heteroatoms. The van der Waals surface area contributed by atoms with Gasteiger partial charge < -0.3 is 19.7 Å². The zero-order valence-corrected chi connectivity index (χ0v) is 12.4. The Morgan fingerprint density at radius 2 is 1.89 bits per heavy atom. The van der Waals surface area contributed by atoms with Crippen molar-refractivity contribution in [1.82, 2.24) is 10.2 Å². The molecule has 0 rings (SSSR count). The summed E-state index contributed by atoms with van der Waals surface area (Å²) in [6.45, 7) is 5.28. The third kappa shape index (κ3) is 9.04. The molecular formula is C13H24N2O4. The Labute approximate surface area is 114 Å². The van der Waals surface area contributed by atoms with Gasteiger partial charge in [-0.15, -0.1) is 0 Å². The van der Waals surface area contributed by atoms with E-state index < -0.39 is 11.7 Å². The fourth-order valence-electron chi connectivity index (χ4n) is 1.36. The van der Waals surface area contributed by atoms with Crippen LogP contribution in [0.4, 0.5) is 4.79 Å². The van der Waals surface area contributed by atoms with Gasteiger partial charge in [-0.25, -0.2) is 4.79 Å². The summed E-state index contributed by atoms with van der Waals surface area (Å²) in [7, 11) is 3.33. The predicted octanol–water partition coefficient (Wildman–Crippen LogP) is 1.34. The molecule has 19 heavy (non-hydrogen) atoms. The maximum Gasteiger partial charge on any atom is 0.407 e. The number of nitrogens with one attached hydrogen (secondary N) is 1. The van der Waals surface area contributed by atoms with E-state index in [9.17, 15) is 14.4 Å². The van der Waals surface area contributed by atoms with Crippen LogP contribution in [0.25, 0.3) is 0 Å². The smallest absolute Gasteiger partial charge is 0.407 e. The summed E-state index contributed by atoms with van der Waals surface area (Å²) in [4.78, 5) is 35.1. The number of nitrogens with zero attached hydrogens (tertiary/aromatic N) is 1. The molecule has 2 amide bonds. The van der Waals surface area contributed by atoms with Crippen LogP contribution >= 0.6 is 0 Å². The average Bonchev–Trinajstić information content (AvgIpc) is 2.22. The standard InChI is InChI=1S/C13H24N2O4/c1-13(2,3)19-12(18)14-10(8-9-16)6-7-11(17)15(4)5/h9-10H,6-8H2,1-5H3,(H,14,18)/t10-/m0/s1. The third-order valence-corrected chi connectivity index (χ3v) is 2.31. The first kappa shape index (κ1) is 17.4. The number of carbonyl (C=O) groups is 3. The van der Waals surface area contributed by atoms with Crippen molar-refractivity contribution in [1.29, 1.82) is 0 Å². The molecule has 1 N–H and O–H groups in total. The van der Waals surface area contributed by atoms with E-state index in [2.05, 4.69) is 5.32 Å². The second kappa shape index (κ2) is 7.76. The number of hydrogen-bond donors (Lipinski definition) is 1. The van der Waals surface area contributed by atoms with E-state index in [0.717, 1.165) is 6.29 Å². The molecule has 0 aliphatic carbocycles. The van der Waals surface area contributed by atoms with Gasteiger partial charge in [0.15, 0.2) is 0 Å². The van der Waals surface area contributed by atoms with Crippen LogP contribution in [0.1, 0.15) is 40.0 Å². The molecule has 0 heterocycles. The Balaban J connectivity index is 4.29. The fraction of sp³-hybridized carbons (Fsp3) is 0.769. The molecule has 6 nitrogen and oxygen atoms in total. The van der Waals surface area contributed by atoms with Crippen LogP contribution < -0.4 is 5.32 Å². The molecule has 0 aromatic carbocycles. The van der Waals surface area contributed by atoms with Crippen LogP contribution in [0.5, 0.6) is 0 Å². The number of alkyl carbamates (subject to hydrolysis) is 1. The number of carbonyl (C=O) groups excluding carboxylic acids is 3. The number of hydrogen-bond acceptors (Lipinski definition) is 4. The predicted molar refractivity (Wildman–Crippen MR) is 71.8 cm³/mol. The summed E-state index contributed by atoms with van der Waals surface area (Å²) in [5.74, 6) is -0.0399. The van der Waals surface area contributed by atoms with Gasteiger partial charge in [0.2, 0.25) is 5.91 Å². The van der Waals surface area contributed by atoms with Gasteiger partial charge in [0.25, 0.3) is 0 Å². The van der Waals surface area contributed by atoms with Crippen LogP contribution in [0.15, 0.2) is 0 Å². The van der Waals surface area contributed by atoms with E-state index in [-0.39, 0.29) is 24.8 Å². The zero-order chi connectivity index (χ0) is 15.1. The Hall–Kier alpha value is -1.59. The van der Waals surface area contributed by atoms with Crippen molar-refractivity contribution in [3.63, 3.8) is 0 Å². The maximum absolute atomic E-state index is 11.6. The van der Waals surface area contributed by atoms with Gasteiger partial charge >= 0.3 is 6.09 Å². The second-order valence-electron chi connectivity index (χ2n) is 5.57. The van der Waals surface area contributed by atoms with Crippen molar-refractivity contribution in [3.05, 3.63) is 0 Å². The number of amides is 2. The van der Waals surface area contributed by atoms with E-state index in [1.165, 1.54) is 4.90 Å². The molecule has 0 spiro atoms. The minimum absolute atomic E-state index is 0.0399. The highest BCUT2D eigenvalue weighted by atomic mass is 16.6. The van der Waals surface area contributed by atoms with E-state index in [0.29, 0.717) is 6.42 Å². The summed E-state index contributed by atoms with van der Waals surface area (Å²) in [5.41, 5.74) is -0.588. The molecular weight excluding hydrogens is 248 g/mol. The lowest BCUT2D eigenvalue weighted by molar-refractivity contribution is -0.129. The van der Waals surface area contributed by atoms with Crippen molar-refractivity contribution in [2.45, 2.75) is 51.7 Å². The van der Waals surface area contributed by atoms with E-state index >= 15 is 0 Å². The van der Waals surface area contributed by atoms with Crippen LogP contribution in [0.2, 0.25) is 0 Å². The van der Waals surface area contributed by atoms with Crippen molar-refractivity contribution < 1.29 is 19.1 Å². The van der Waals surface area contributed by atoms with Crippen molar-refractivity contribution in [2.24, 2.45) is 0 Å². The van der Waals surface area contributed by atoms with E-state index in [1.807, 2.05) is 0 Å². The highest BCUT2D eigenvalue weighted by Crippen LogP contribution is 2.08. The molecule has 0 aliphatic rings. The zero-order valence-electron chi connectivity index (χ0n) is 12.4. The highest BCUT2D eigenvalue weighted by Gasteiger charge is 2.20. The Morgan fingerprint density at radius 1 is 1.32 bits per heavy atom. The quantitative estimate of drug-likeness (QED) is 0.740. The molecule has 0 aromatic heterocycles. The fourth-order valence-corrected chi connectivity index (χ4v) is 1.36. The maximum atomic E-state index is 11.6. The number of ether oxygens (including phenoxy) is 1. The first-order valence-corrected chi connectivity index (χ1v) is 6.29. The van der Waals surface area contributed by atoms with Crippen LogP contribution in [-0.2, 0) is 14.3 Å². The molecule has 0 saturated carbocycles. The summed E-state index contributed by atoms with van der Waals surface area (Å²) >= 11 is 0.